The molecular weight excluding hydrogens is 518 g/mol. The van der Waals surface area contributed by atoms with Crippen LogP contribution in [0.15, 0.2) is 47.5 Å². The van der Waals surface area contributed by atoms with Crippen LogP contribution in [0.4, 0.5) is 8.78 Å². The molecule has 1 N–H and O–H groups in total. The van der Waals surface area contributed by atoms with E-state index in [9.17, 15) is 18.7 Å². The molecule has 2 heterocycles. The van der Waals surface area contributed by atoms with Crippen LogP contribution in [0.25, 0.3) is 10.9 Å². The van der Waals surface area contributed by atoms with Gasteiger partial charge in [-0.3, -0.25) is 9.78 Å². The van der Waals surface area contributed by atoms with Gasteiger partial charge in [-0.25, -0.2) is 8.78 Å². The fourth-order valence-corrected chi connectivity index (χ4v) is 6.45. The van der Waals surface area contributed by atoms with Crippen LogP contribution < -0.4 is 4.74 Å². The molecule has 5 nitrogen and oxygen atoms in total. The van der Waals surface area contributed by atoms with Crippen LogP contribution in [-0.2, 0) is 11.2 Å². The number of aryl methyl sites for hydroxylation is 1. The van der Waals surface area contributed by atoms with E-state index in [0.717, 1.165) is 67.1 Å². The first-order valence-electron chi connectivity index (χ1n) is 12.5. The van der Waals surface area contributed by atoms with Gasteiger partial charge < -0.3 is 14.7 Å². The van der Waals surface area contributed by atoms with Gasteiger partial charge in [0.2, 0.25) is 0 Å². The standard InChI is InChI=1S/C28H31ClF2N2O3S/c1-36-22-5-6-27-25(15-22)24(26(29)16-32-27)4-2-3-18-7-8-33(17-19(18)11-28(34)35)9-10-37-23-13-20(30)12-21(31)14-23/h5-6,12-16,18-19H,2-4,7-11,17H2,1H3,(H,34,35). The van der Waals surface area contributed by atoms with Crippen LogP contribution in [0.2, 0.25) is 5.02 Å². The number of methoxy groups -OCH3 is 1. The second kappa shape index (κ2) is 12.9. The van der Waals surface area contributed by atoms with Gasteiger partial charge in [-0.2, -0.15) is 0 Å². The van der Waals surface area contributed by atoms with Crippen LogP contribution >= 0.6 is 23.4 Å². The number of ether oxygens (including phenoxy) is 1. The Morgan fingerprint density at radius 2 is 2.00 bits per heavy atom. The molecule has 0 amide bonds. The minimum absolute atomic E-state index is 0.0626. The number of nitrogens with zero attached hydrogens (tertiary/aromatic N) is 2. The number of hydrogen-bond acceptors (Lipinski definition) is 5. The number of hydrogen-bond donors (Lipinski definition) is 1. The Hall–Kier alpha value is -2.42. The van der Waals surface area contributed by atoms with E-state index >= 15 is 0 Å². The summed E-state index contributed by atoms with van der Waals surface area (Å²) in [6.07, 6.45) is 5.36. The maximum atomic E-state index is 13.4. The monoisotopic (exact) mass is 548 g/mol. The molecule has 0 radical (unpaired) electrons. The molecule has 9 heteroatoms. The van der Waals surface area contributed by atoms with Crippen LogP contribution in [0.5, 0.6) is 5.75 Å². The minimum Gasteiger partial charge on any atom is -0.497 e. The maximum Gasteiger partial charge on any atom is 0.303 e. The summed E-state index contributed by atoms with van der Waals surface area (Å²) in [5.41, 5.74) is 1.92. The smallest absolute Gasteiger partial charge is 0.303 e. The van der Waals surface area contributed by atoms with Crippen LogP contribution in [-0.4, -0.2) is 53.5 Å². The van der Waals surface area contributed by atoms with Gasteiger partial charge >= 0.3 is 5.97 Å². The van der Waals surface area contributed by atoms with Crippen molar-refractivity contribution in [1.29, 1.82) is 0 Å². The number of thioether (sulfide) groups is 1. The molecule has 2 aromatic carbocycles. The van der Waals surface area contributed by atoms with Gasteiger partial charge in [0.15, 0.2) is 0 Å². The highest BCUT2D eigenvalue weighted by Gasteiger charge is 2.30. The molecular formula is C28H31ClF2N2O3S. The van der Waals surface area contributed by atoms with E-state index in [0.29, 0.717) is 28.1 Å². The van der Waals surface area contributed by atoms with Gasteiger partial charge in [-0.1, -0.05) is 11.6 Å². The minimum atomic E-state index is -0.781. The Labute approximate surface area is 225 Å². The van der Waals surface area contributed by atoms with Crippen molar-refractivity contribution >= 4 is 40.2 Å². The lowest BCUT2D eigenvalue weighted by Gasteiger charge is -2.38. The zero-order valence-electron chi connectivity index (χ0n) is 20.8. The van der Waals surface area contributed by atoms with Gasteiger partial charge in [-0.15, -0.1) is 11.8 Å². The molecule has 1 saturated heterocycles. The Kier molecular flexibility index (Phi) is 9.62. The number of rotatable bonds is 11. The predicted octanol–water partition coefficient (Wildman–Crippen LogP) is 6.70. The number of halogens is 3. The van der Waals surface area contributed by atoms with Gasteiger partial charge in [0, 0.05) is 47.8 Å². The maximum absolute atomic E-state index is 13.4. The number of aromatic nitrogens is 1. The molecule has 1 fully saturated rings. The lowest BCUT2D eigenvalue weighted by Crippen LogP contribution is -2.42. The highest BCUT2D eigenvalue weighted by molar-refractivity contribution is 7.99. The summed E-state index contributed by atoms with van der Waals surface area (Å²) >= 11 is 7.93. The van der Waals surface area contributed by atoms with Crippen molar-refractivity contribution in [3.63, 3.8) is 0 Å². The summed E-state index contributed by atoms with van der Waals surface area (Å²) in [5, 5.41) is 11.1. The molecule has 2 unspecified atom stereocenters. The highest BCUT2D eigenvalue weighted by Crippen LogP contribution is 2.33. The summed E-state index contributed by atoms with van der Waals surface area (Å²) in [6.45, 7) is 2.34. The normalized spacial score (nSPS) is 18.3. The summed E-state index contributed by atoms with van der Waals surface area (Å²) < 4.78 is 32.2. The number of pyridine rings is 1. The average Bonchev–Trinajstić information content (AvgIpc) is 2.85. The molecule has 198 valence electrons. The molecule has 0 aliphatic carbocycles. The summed E-state index contributed by atoms with van der Waals surface area (Å²) in [4.78, 5) is 18.9. The number of piperidine rings is 1. The molecule has 1 aliphatic heterocycles. The first-order chi connectivity index (χ1) is 17.8. The topological polar surface area (TPSA) is 62.7 Å². The van der Waals surface area contributed by atoms with E-state index in [1.807, 2.05) is 18.2 Å². The van der Waals surface area contributed by atoms with E-state index in [-0.39, 0.29) is 12.3 Å². The molecule has 2 atom stereocenters. The first kappa shape index (κ1) is 27.6. The van der Waals surface area contributed by atoms with Gasteiger partial charge in [0.05, 0.1) is 17.6 Å². The quantitative estimate of drug-likeness (QED) is 0.269. The average molecular weight is 549 g/mol. The Morgan fingerprint density at radius 1 is 1.22 bits per heavy atom. The third-order valence-electron chi connectivity index (χ3n) is 7.06. The summed E-state index contributed by atoms with van der Waals surface area (Å²) in [6, 6.07) is 9.31. The number of benzene rings is 2. The van der Waals surface area contributed by atoms with Crippen molar-refractivity contribution in [3.8, 4) is 5.75 Å². The van der Waals surface area contributed by atoms with Gasteiger partial charge in [0.25, 0.3) is 0 Å². The largest absolute Gasteiger partial charge is 0.497 e. The fourth-order valence-electron chi connectivity index (χ4n) is 5.22. The van der Waals surface area contributed by atoms with Crippen molar-refractivity contribution in [1.82, 2.24) is 9.88 Å². The van der Waals surface area contributed by atoms with Crippen molar-refractivity contribution in [2.45, 2.75) is 37.0 Å². The third-order valence-corrected chi connectivity index (χ3v) is 8.34. The predicted molar refractivity (Wildman–Crippen MR) is 144 cm³/mol. The second-order valence-electron chi connectivity index (χ2n) is 9.52. The number of fused-ring (bicyclic) bond motifs is 1. The van der Waals surface area contributed by atoms with Gasteiger partial charge in [-0.05, 0) is 80.0 Å². The van der Waals surface area contributed by atoms with Crippen molar-refractivity contribution < 1.29 is 23.4 Å². The van der Waals surface area contributed by atoms with Crippen molar-refractivity contribution in [2.75, 3.05) is 32.5 Å². The van der Waals surface area contributed by atoms with E-state index < -0.39 is 17.6 Å². The molecule has 4 rings (SSSR count). The fraction of sp³-hybridized carbons (Fsp3) is 0.429. The molecule has 0 bridgehead atoms. The lowest BCUT2D eigenvalue weighted by atomic mass is 9.80. The molecule has 37 heavy (non-hydrogen) atoms. The number of likely N-dealkylation sites (tertiary alicyclic amines) is 1. The Balaban J connectivity index is 1.33. The molecule has 0 saturated carbocycles. The van der Waals surface area contributed by atoms with E-state index in [2.05, 4.69) is 9.88 Å². The zero-order chi connectivity index (χ0) is 26.4. The zero-order valence-corrected chi connectivity index (χ0v) is 22.3. The highest BCUT2D eigenvalue weighted by atomic mass is 35.5. The van der Waals surface area contributed by atoms with Crippen LogP contribution in [0.3, 0.4) is 0 Å². The second-order valence-corrected chi connectivity index (χ2v) is 11.1. The Morgan fingerprint density at radius 3 is 2.73 bits per heavy atom. The summed E-state index contributed by atoms with van der Waals surface area (Å²) in [5.74, 6) is -0.115. The molecule has 3 aromatic rings. The molecule has 0 spiro atoms. The first-order valence-corrected chi connectivity index (χ1v) is 13.8. The molecule has 1 aromatic heterocycles. The molecule has 1 aliphatic rings. The SMILES string of the molecule is COc1ccc2ncc(Cl)c(CCCC3CCN(CCSc4cc(F)cc(F)c4)CC3CC(=O)O)c2c1. The third kappa shape index (κ3) is 7.55. The number of carboxylic acids is 1. The number of carboxylic acid groups (broad SMARTS) is 1. The summed E-state index contributed by atoms with van der Waals surface area (Å²) in [7, 11) is 1.63. The van der Waals surface area contributed by atoms with Gasteiger partial charge in [0.1, 0.15) is 17.4 Å². The van der Waals surface area contributed by atoms with Crippen LogP contribution in [0.1, 0.15) is 31.2 Å². The number of aliphatic carboxylic acids is 1. The van der Waals surface area contributed by atoms with E-state index in [1.54, 1.807) is 13.3 Å². The van der Waals surface area contributed by atoms with Crippen molar-refractivity contribution in [3.05, 3.63) is 64.8 Å². The van der Waals surface area contributed by atoms with Crippen LogP contribution in [0, 0.1) is 23.5 Å². The Bertz CT molecular complexity index is 1230. The number of carbonyl (C=O) groups is 1. The van der Waals surface area contributed by atoms with E-state index in [1.165, 1.54) is 23.9 Å². The lowest BCUT2D eigenvalue weighted by molar-refractivity contribution is -0.139. The van der Waals surface area contributed by atoms with Crippen molar-refractivity contribution in [2.24, 2.45) is 11.8 Å². The van der Waals surface area contributed by atoms with E-state index in [4.69, 9.17) is 16.3 Å².